The molecule has 0 atom stereocenters. The molecule has 0 bridgehead atoms. The Bertz CT molecular complexity index is 258. The fourth-order valence-corrected chi connectivity index (χ4v) is 0.886. The Morgan fingerprint density at radius 3 is 2.25 bits per heavy atom. The minimum Gasteiger partial charge on any atom is -1.00 e. The standard InChI is InChI=1S/C9H12O2.Na.H/c1-9(2,11)7-4-3-5-8(10)6-7;;/h3-6,10-11H,1-2H3;;/q;+1;-1. The van der Waals surface area contributed by atoms with Crippen LogP contribution in [0, 0.1) is 0 Å². The van der Waals surface area contributed by atoms with Crippen LogP contribution in [0.15, 0.2) is 24.3 Å². The van der Waals surface area contributed by atoms with Gasteiger partial charge in [-0.1, -0.05) is 12.1 Å². The van der Waals surface area contributed by atoms with Crippen LogP contribution in [0.1, 0.15) is 20.8 Å². The van der Waals surface area contributed by atoms with E-state index in [0.29, 0.717) is 0 Å². The van der Waals surface area contributed by atoms with Crippen LogP contribution < -0.4 is 29.6 Å². The van der Waals surface area contributed by atoms with Gasteiger partial charge in [-0.15, -0.1) is 0 Å². The number of phenolic OH excluding ortho intramolecular Hbond substituents is 1. The van der Waals surface area contributed by atoms with Crippen LogP contribution in [0.2, 0.25) is 0 Å². The van der Waals surface area contributed by atoms with E-state index in [-0.39, 0.29) is 36.7 Å². The molecule has 2 nitrogen and oxygen atoms in total. The summed E-state index contributed by atoms with van der Waals surface area (Å²) in [6.07, 6.45) is 0. The Morgan fingerprint density at radius 1 is 1.33 bits per heavy atom. The Labute approximate surface area is 96.0 Å². The molecular weight excluding hydrogens is 163 g/mol. The molecule has 12 heavy (non-hydrogen) atoms. The van der Waals surface area contributed by atoms with Gasteiger partial charge in [0.25, 0.3) is 0 Å². The minimum absolute atomic E-state index is 0. The van der Waals surface area contributed by atoms with Crippen LogP contribution in [0.25, 0.3) is 0 Å². The first-order valence-corrected chi connectivity index (χ1v) is 3.52. The Kier molecular flexibility index (Phi) is 4.28. The quantitative estimate of drug-likeness (QED) is 0.524. The van der Waals surface area contributed by atoms with Gasteiger partial charge in [0.15, 0.2) is 0 Å². The third-order valence-electron chi connectivity index (χ3n) is 1.55. The molecule has 1 aromatic rings. The minimum atomic E-state index is -0.876. The first kappa shape index (κ1) is 12.0. The fraction of sp³-hybridized carbons (Fsp3) is 0.333. The van der Waals surface area contributed by atoms with Crippen molar-refractivity contribution in [2.75, 3.05) is 0 Å². The molecule has 0 aliphatic rings. The van der Waals surface area contributed by atoms with E-state index >= 15 is 0 Å². The van der Waals surface area contributed by atoms with Crippen molar-refractivity contribution in [1.82, 2.24) is 0 Å². The molecule has 0 amide bonds. The molecule has 0 saturated carbocycles. The molecule has 3 heteroatoms. The number of rotatable bonds is 1. The smallest absolute Gasteiger partial charge is 1.00 e. The molecule has 0 aliphatic heterocycles. The van der Waals surface area contributed by atoms with Gasteiger partial charge in [-0.3, -0.25) is 0 Å². The summed E-state index contributed by atoms with van der Waals surface area (Å²) in [7, 11) is 0. The maximum atomic E-state index is 9.50. The van der Waals surface area contributed by atoms with Gasteiger partial charge in [0.2, 0.25) is 0 Å². The van der Waals surface area contributed by atoms with E-state index in [1.807, 2.05) is 0 Å². The van der Waals surface area contributed by atoms with E-state index in [1.54, 1.807) is 38.1 Å². The number of aromatic hydroxyl groups is 1. The largest absolute Gasteiger partial charge is 1.00 e. The molecule has 0 unspecified atom stereocenters. The predicted octanol–water partition coefficient (Wildman–Crippen LogP) is -1.26. The molecule has 1 rings (SSSR count). The van der Waals surface area contributed by atoms with Gasteiger partial charge in [0.1, 0.15) is 5.75 Å². The summed E-state index contributed by atoms with van der Waals surface area (Å²) in [5.74, 6) is 0.185. The second kappa shape index (κ2) is 4.28. The molecule has 0 aliphatic carbocycles. The molecular formula is C9H13NaO2. The van der Waals surface area contributed by atoms with Crippen molar-refractivity contribution in [3.63, 3.8) is 0 Å². The SMILES string of the molecule is CC(C)(O)c1cccc(O)c1.[H-].[Na+]. The number of aliphatic hydroxyl groups is 1. The van der Waals surface area contributed by atoms with Crippen molar-refractivity contribution in [2.45, 2.75) is 19.4 Å². The van der Waals surface area contributed by atoms with Gasteiger partial charge in [-0.2, -0.15) is 0 Å². The van der Waals surface area contributed by atoms with Gasteiger partial charge in [-0.05, 0) is 31.5 Å². The van der Waals surface area contributed by atoms with E-state index in [4.69, 9.17) is 5.11 Å². The summed E-state index contributed by atoms with van der Waals surface area (Å²) in [5.41, 5.74) is -0.156. The monoisotopic (exact) mass is 176 g/mol. The van der Waals surface area contributed by atoms with Crippen LogP contribution >= 0.6 is 0 Å². The third kappa shape index (κ3) is 3.15. The summed E-state index contributed by atoms with van der Waals surface area (Å²) in [4.78, 5) is 0. The van der Waals surface area contributed by atoms with Gasteiger partial charge in [-0.25, -0.2) is 0 Å². The summed E-state index contributed by atoms with van der Waals surface area (Å²) in [6, 6.07) is 6.62. The van der Waals surface area contributed by atoms with Crippen molar-refractivity contribution in [1.29, 1.82) is 0 Å². The predicted molar refractivity (Wildman–Crippen MR) is 44.5 cm³/mol. The van der Waals surface area contributed by atoms with E-state index in [1.165, 1.54) is 0 Å². The molecule has 0 fully saturated rings. The Morgan fingerprint density at radius 2 is 1.92 bits per heavy atom. The van der Waals surface area contributed by atoms with Crippen LogP contribution in [0.4, 0.5) is 0 Å². The second-order valence-electron chi connectivity index (χ2n) is 3.11. The molecule has 62 valence electrons. The molecule has 0 heterocycles. The van der Waals surface area contributed by atoms with E-state index < -0.39 is 5.60 Å². The average molecular weight is 176 g/mol. The summed E-state index contributed by atoms with van der Waals surface area (Å²) < 4.78 is 0. The van der Waals surface area contributed by atoms with Gasteiger partial charge < -0.3 is 11.6 Å². The van der Waals surface area contributed by atoms with Gasteiger partial charge in [0.05, 0.1) is 5.60 Å². The first-order valence-electron chi connectivity index (χ1n) is 3.52. The van der Waals surface area contributed by atoms with Crippen LogP contribution in [-0.4, -0.2) is 10.2 Å². The number of hydrogen-bond donors (Lipinski definition) is 2. The molecule has 0 saturated heterocycles. The van der Waals surface area contributed by atoms with Crippen LogP contribution in [0.3, 0.4) is 0 Å². The summed E-state index contributed by atoms with van der Waals surface area (Å²) >= 11 is 0. The molecule has 1 aromatic carbocycles. The number of hydrogen-bond acceptors (Lipinski definition) is 2. The topological polar surface area (TPSA) is 40.5 Å². The number of phenols is 1. The summed E-state index contributed by atoms with van der Waals surface area (Å²) in [6.45, 7) is 3.36. The van der Waals surface area contributed by atoms with E-state index in [2.05, 4.69) is 0 Å². The van der Waals surface area contributed by atoms with Crippen LogP contribution in [0.5, 0.6) is 5.75 Å². The first-order chi connectivity index (χ1) is 5.00. The normalized spacial score (nSPS) is 10.6. The van der Waals surface area contributed by atoms with Crippen molar-refractivity contribution < 1.29 is 41.2 Å². The van der Waals surface area contributed by atoms with E-state index in [9.17, 15) is 5.11 Å². The van der Waals surface area contributed by atoms with Gasteiger partial charge in [0, 0.05) is 0 Å². The van der Waals surface area contributed by atoms with E-state index in [0.717, 1.165) is 5.56 Å². The zero-order chi connectivity index (χ0) is 8.48. The Balaban J connectivity index is 0. The molecule has 0 radical (unpaired) electrons. The molecule has 0 aromatic heterocycles. The maximum absolute atomic E-state index is 9.50. The van der Waals surface area contributed by atoms with Crippen molar-refractivity contribution in [3.05, 3.63) is 29.8 Å². The van der Waals surface area contributed by atoms with Crippen molar-refractivity contribution >= 4 is 0 Å². The van der Waals surface area contributed by atoms with Crippen molar-refractivity contribution in [3.8, 4) is 5.75 Å². The van der Waals surface area contributed by atoms with Crippen molar-refractivity contribution in [2.24, 2.45) is 0 Å². The fourth-order valence-electron chi connectivity index (χ4n) is 0.886. The summed E-state index contributed by atoms with van der Waals surface area (Å²) in [5, 5.41) is 18.6. The number of benzene rings is 1. The average Bonchev–Trinajstić information content (AvgIpc) is 1.86. The molecule has 2 N–H and O–H groups in total. The maximum Gasteiger partial charge on any atom is 1.00 e. The molecule has 0 spiro atoms. The third-order valence-corrected chi connectivity index (χ3v) is 1.55. The van der Waals surface area contributed by atoms with Gasteiger partial charge >= 0.3 is 29.6 Å². The Hall–Kier alpha value is -0.0200. The second-order valence-corrected chi connectivity index (χ2v) is 3.11. The zero-order valence-electron chi connectivity index (χ0n) is 8.70. The van der Waals surface area contributed by atoms with Crippen LogP contribution in [-0.2, 0) is 5.60 Å². The zero-order valence-corrected chi connectivity index (χ0v) is 9.70.